The highest BCUT2D eigenvalue weighted by Gasteiger charge is 2.30. The number of hydrogen-bond donors (Lipinski definition) is 4. The molecule has 0 fully saturated rings. The highest BCUT2D eigenvalue weighted by molar-refractivity contribution is 5.95. The summed E-state index contributed by atoms with van der Waals surface area (Å²) in [6, 6.07) is 5.63. The first-order chi connectivity index (χ1) is 19.7. The number of amides is 2. The molecule has 0 saturated carbocycles. The molecule has 4 N–H and O–H groups in total. The molecule has 41 heavy (non-hydrogen) atoms. The van der Waals surface area contributed by atoms with Gasteiger partial charge in [0.15, 0.2) is 11.5 Å². The molecule has 1 heterocycles. The molecule has 2 aromatic carbocycles. The van der Waals surface area contributed by atoms with Crippen LogP contribution in [-0.2, 0) is 16.0 Å². The fourth-order valence-corrected chi connectivity index (χ4v) is 5.13. The summed E-state index contributed by atoms with van der Waals surface area (Å²) in [6.45, 7) is 5.40. The number of tetrazole rings is 1. The molecular weight excluding hydrogens is 530 g/mol. The van der Waals surface area contributed by atoms with E-state index in [0.717, 1.165) is 11.1 Å². The van der Waals surface area contributed by atoms with E-state index in [1.165, 1.54) is 20.1 Å². The summed E-state index contributed by atoms with van der Waals surface area (Å²) in [4.78, 5) is 39.0. The van der Waals surface area contributed by atoms with E-state index >= 15 is 0 Å². The zero-order valence-corrected chi connectivity index (χ0v) is 24.0. The van der Waals surface area contributed by atoms with Crippen LogP contribution >= 0.6 is 0 Å². The van der Waals surface area contributed by atoms with Crippen molar-refractivity contribution in [2.75, 3.05) is 32.0 Å². The number of hydrogen-bond acceptors (Lipinski definition) is 10. The van der Waals surface area contributed by atoms with Crippen LogP contribution in [0, 0.1) is 5.92 Å². The van der Waals surface area contributed by atoms with Crippen LogP contribution < -0.4 is 35.6 Å². The van der Waals surface area contributed by atoms with Gasteiger partial charge in [0, 0.05) is 12.5 Å². The van der Waals surface area contributed by atoms with Crippen molar-refractivity contribution < 1.29 is 23.8 Å². The number of nitrogens with one attached hydrogen (secondary N) is 4. The van der Waals surface area contributed by atoms with E-state index in [1.54, 1.807) is 26.4 Å². The minimum absolute atomic E-state index is 0.0319. The van der Waals surface area contributed by atoms with Gasteiger partial charge in [-0.25, -0.2) is 0 Å². The number of methoxy groups -OCH3 is 3. The number of aromatic amines is 1. The molecular formula is C28H35N7O6. The van der Waals surface area contributed by atoms with Crippen molar-refractivity contribution in [3.05, 3.63) is 45.6 Å². The third kappa shape index (κ3) is 6.39. The Morgan fingerprint density at radius 1 is 1.10 bits per heavy atom. The molecule has 13 nitrogen and oxygen atoms in total. The average Bonchev–Trinajstić information content (AvgIpc) is 3.34. The van der Waals surface area contributed by atoms with Crippen LogP contribution in [0.2, 0.25) is 0 Å². The van der Waals surface area contributed by atoms with Crippen LogP contribution in [0.5, 0.6) is 17.2 Å². The molecule has 1 aliphatic rings. The van der Waals surface area contributed by atoms with Crippen molar-refractivity contribution in [2.24, 2.45) is 5.92 Å². The summed E-state index contributed by atoms with van der Waals surface area (Å²) in [5, 5.41) is 22.0. The van der Waals surface area contributed by atoms with Crippen LogP contribution in [0.4, 0.5) is 11.6 Å². The van der Waals surface area contributed by atoms with Crippen LogP contribution in [0.3, 0.4) is 0 Å². The van der Waals surface area contributed by atoms with Gasteiger partial charge in [-0.2, -0.15) is 5.21 Å². The Morgan fingerprint density at radius 3 is 2.46 bits per heavy atom. The Labute approximate surface area is 237 Å². The Morgan fingerprint density at radius 2 is 1.85 bits per heavy atom. The topological polar surface area (TPSA) is 169 Å². The molecule has 2 amide bonds. The lowest BCUT2D eigenvalue weighted by Gasteiger charge is -2.19. The summed E-state index contributed by atoms with van der Waals surface area (Å²) in [5.41, 5.74) is 2.84. The fraction of sp³-hybridized carbons (Fsp3) is 0.429. The predicted octanol–water partition coefficient (Wildman–Crippen LogP) is 2.84. The summed E-state index contributed by atoms with van der Waals surface area (Å²) in [6.07, 6.45) is 1.55. The van der Waals surface area contributed by atoms with Gasteiger partial charge in [-0.05, 0) is 65.3 Å². The third-order valence-electron chi connectivity index (χ3n) is 6.85. The van der Waals surface area contributed by atoms with E-state index in [-0.39, 0.29) is 28.9 Å². The van der Waals surface area contributed by atoms with Crippen molar-refractivity contribution in [3.8, 4) is 28.4 Å². The van der Waals surface area contributed by atoms with Crippen LogP contribution in [-0.4, -0.2) is 59.8 Å². The van der Waals surface area contributed by atoms with E-state index in [9.17, 15) is 14.4 Å². The second kappa shape index (κ2) is 12.7. The molecule has 0 spiro atoms. The lowest BCUT2D eigenvalue weighted by Crippen LogP contribution is -2.37. The lowest BCUT2D eigenvalue weighted by atomic mass is 9.95. The van der Waals surface area contributed by atoms with Crippen LogP contribution in [0.25, 0.3) is 11.1 Å². The first-order valence-corrected chi connectivity index (χ1v) is 13.2. The Hall–Kier alpha value is -4.68. The van der Waals surface area contributed by atoms with E-state index < -0.39 is 18.0 Å². The van der Waals surface area contributed by atoms with Gasteiger partial charge in [-0.15, -0.1) is 5.10 Å². The van der Waals surface area contributed by atoms with E-state index in [0.29, 0.717) is 47.6 Å². The highest BCUT2D eigenvalue weighted by atomic mass is 16.5. The maximum atomic E-state index is 13.7. The monoisotopic (exact) mass is 565 g/mol. The van der Waals surface area contributed by atoms with Gasteiger partial charge >= 0.3 is 0 Å². The van der Waals surface area contributed by atoms with Crippen molar-refractivity contribution >= 4 is 23.5 Å². The predicted molar refractivity (Wildman–Crippen MR) is 152 cm³/mol. The standard InChI is InChI=1S/C28H35N7O6/c1-14(2)11-21(27(38)31-28-32-34-35-33-28)30-20-10-8-17-18(13-22(20)37)19(29-15(3)36)9-7-16-12-23(39-4)25(40-5)26(41-6)24(16)17/h8,10,12-14,19,21H,7,9,11H2,1-6H3,(H,29,36)(H,30,37)(H2,31,32,33,34,35,38)/t19-,21+/m1/s1. The number of anilines is 2. The van der Waals surface area contributed by atoms with Gasteiger partial charge in [0.1, 0.15) is 6.04 Å². The zero-order chi connectivity index (χ0) is 29.7. The fourth-order valence-electron chi connectivity index (χ4n) is 5.13. The van der Waals surface area contributed by atoms with Crippen LogP contribution in [0.15, 0.2) is 29.1 Å². The number of nitrogens with zero attached hydrogens (tertiary/aromatic N) is 3. The van der Waals surface area contributed by atoms with E-state index in [2.05, 4.69) is 36.6 Å². The smallest absolute Gasteiger partial charge is 0.269 e. The molecule has 1 aliphatic carbocycles. The number of aromatic nitrogens is 4. The number of carbonyl (C=O) groups excluding carboxylic acids is 2. The number of benzene rings is 1. The highest BCUT2D eigenvalue weighted by Crippen LogP contribution is 2.50. The Bertz CT molecular complexity index is 1480. The van der Waals surface area contributed by atoms with Gasteiger partial charge in [0.2, 0.25) is 23.0 Å². The summed E-state index contributed by atoms with van der Waals surface area (Å²) < 4.78 is 17.0. The second-order valence-corrected chi connectivity index (χ2v) is 10.1. The molecule has 0 unspecified atom stereocenters. The SMILES string of the molecule is COc1cc2c(c(OC)c1OC)-c1ccc(N[C@@H](CC(C)C)C(=O)Nc3nn[nH]n3)c(=O)cc1[C@H](NC(C)=O)CC2. The van der Waals surface area contributed by atoms with Crippen molar-refractivity contribution in [2.45, 2.75) is 52.1 Å². The minimum Gasteiger partial charge on any atom is -0.493 e. The normalized spacial score (nSPS) is 14.7. The number of rotatable bonds is 10. The largest absolute Gasteiger partial charge is 0.493 e. The molecule has 0 radical (unpaired) electrons. The molecule has 0 saturated heterocycles. The van der Waals surface area contributed by atoms with Gasteiger partial charge in [-0.3, -0.25) is 19.7 Å². The molecule has 3 aromatic rings. The van der Waals surface area contributed by atoms with Gasteiger partial charge < -0.3 is 24.8 Å². The number of aryl methyl sites for hydroxylation is 1. The van der Waals surface area contributed by atoms with E-state index in [4.69, 9.17) is 14.2 Å². The number of fused-ring (bicyclic) bond motifs is 3. The average molecular weight is 566 g/mol. The minimum atomic E-state index is -0.763. The Kier molecular flexibility index (Phi) is 9.05. The first-order valence-electron chi connectivity index (χ1n) is 13.2. The molecule has 13 heteroatoms. The van der Waals surface area contributed by atoms with Gasteiger partial charge in [0.25, 0.3) is 5.95 Å². The van der Waals surface area contributed by atoms with Crippen LogP contribution in [0.1, 0.15) is 50.8 Å². The molecule has 1 aromatic heterocycles. The molecule has 0 bridgehead atoms. The molecule has 4 rings (SSSR count). The summed E-state index contributed by atoms with van der Waals surface area (Å²) in [7, 11) is 4.63. The third-order valence-corrected chi connectivity index (χ3v) is 6.85. The maximum absolute atomic E-state index is 13.7. The lowest BCUT2D eigenvalue weighted by molar-refractivity contribution is -0.120. The van der Waals surface area contributed by atoms with Crippen molar-refractivity contribution in [1.82, 2.24) is 25.9 Å². The summed E-state index contributed by atoms with van der Waals surface area (Å²) >= 11 is 0. The molecule has 2 atom stereocenters. The number of carbonyl (C=O) groups is 2. The number of H-pyrrole nitrogens is 1. The van der Waals surface area contributed by atoms with E-state index in [1.807, 2.05) is 19.9 Å². The maximum Gasteiger partial charge on any atom is 0.269 e. The van der Waals surface area contributed by atoms with Crippen molar-refractivity contribution in [1.29, 1.82) is 0 Å². The second-order valence-electron chi connectivity index (χ2n) is 10.1. The zero-order valence-electron chi connectivity index (χ0n) is 24.0. The Balaban J connectivity index is 1.87. The number of ether oxygens (including phenoxy) is 3. The molecule has 0 aliphatic heterocycles. The van der Waals surface area contributed by atoms with Crippen molar-refractivity contribution in [3.63, 3.8) is 0 Å². The molecule has 218 valence electrons. The first kappa shape index (κ1) is 29.3. The quantitative estimate of drug-likeness (QED) is 0.287. The summed E-state index contributed by atoms with van der Waals surface area (Å²) in [5.74, 6) is 0.921. The van der Waals surface area contributed by atoms with Gasteiger partial charge in [-0.1, -0.05) is 25.0 Å². The van der Waals surface area contributed by atoms with Gasteiger partial charge in [0.05, 0.1) is 33.1 Å².